The molecule has 2 N–H and O–H groups in total. The van der Waals surface area contributed by atoms with Crippen LogP contribution in [-0.4, -0.2) is 26.1 Å². The van der Waals surface area contributed by atoms with Crippen molar-refractivity contribution in [2.75, 3.05) is 25.5 Å². The van der Waals surface area contributed by atoms with Crippen molar-refractivity contribution in [3.8, 4) is 0 Å². The molecule has 4 nitrogen and oxygen atoms in total. The van der Waals surface area contributed by atoms with Gasteiger partial charge in [0, 0.05) is 29.3 Å². The molecule has 1 aromatic carbocycles. The van der Waals surface area contributed by atoms with Gasteiger partial charge in [-0.25, -0.2) is 0 Å². The summed E-state index contributed by atoms with van der Waals surface area (Å²) in [6.07, 6.45) is 2.91. The quantitative estimate of drug-likeness (QED) is 0.806. The van der Waals surface area contributed by atoms with Gasteiger partial charge in [-0.2, -0.15) is 0 Å². The fraction of sp³-hybridized carbons (Fsp3) is 0.588. The van der Waals surface area contributed by atoms with Gasteiger partial charge in [-0.15, -0.1) is 0 Å². The van der Waals surface area contributed by atoms with E-state index >= 15 is 0 Å². The minimum atomic E-state index is 0.0847. The Kier molecular flexibility index (Phi) is 6.86. The van der Waals surface area contributed by atoms with Crippen LogP contribution in [0.25, 0.3) is 0 Å². The van der Waals surface area contributed by atoms with Crippen LogP contribution in [-0.2, 0) is 16.1 Å². The summed E-state index contributed by atoms with van der Waals surface area (Å²) in [6, 6.07) is 5.81. The molecule has 0 bridgehead atoms. The number of halogens is 1. The van der Waals surface area contributed by atoms with Gasteiger partial charge < -0.3 is 15.4 Å². The zero-order valence-electron chi connectivity index (χ0n) is 13.3. The molecule has 0 saturated carbocycles. The van der Waals surface area contributed by atoms with Crippen molar-refractivity contribution in [1.82, 2.24) is 5.32 Å². The van der Waals surface area contributed by atoms with E-state index < -0.39 is 0 Å². The van der Waals surface area contributed by atoms with Gasteiger partial charge in [-0.3, -0.25) is 4.79 Å². The van der Waals surface area contributed by atoms with Crippen LogP contribution >= 0.6 is 15.9 Å². The van der Waals surface area contributed by atoms with Crippen LogP contribution < -0.4 is 10.6 Å². The Balaban J connectivity index is 1.95. The van der Waals surface area contributed by atoms with Gasteiger partial charge >= 0.3 is 0 Å². The molecule has 0 radical (unpaired) electrons. The van der Waals surface area contributed by atoms with Crippen molar-refractivity contribution in [3.63, 3.8) is 0 Å². The molecular formula is C17H25BrN2O2. The Morgan fingerprint density at radius 2 is 2.18 bits per heavy atom. The van der Waals surface area contributed by atoms with Gasteiger partial charge in [0.25, 0.3) is 0 Å². The van der Waals surface area contributed by atoms with Crippen molar-refractivity contribution in [2.45, 2.75) is 32.8 Å². The summed E-state index contributed by atoms with van der Waals surface area (Å²) in [5, 5.41) is 6.41. The molecule has 122 valence electrons. The third-order valence-electron chi connectivity index (χ3n) is 4.38. The molecule has 1 saturated heterocycles. The third kappa shape index (κ3) is 4.80. The maximum absolute atomic E-state index is 12.4. The van der Waals surface area contributed by atoms with Gasteiger partial charge in [0.05, 0.1) is 6.61 Å². The molecule has 2 rings (SSSR count). The molecule has 22 heavy (non-hydrogen) atoms. The normalized spacial score (nSPS) is 17.2. The fourth-order valence-corrected chi connectivity index (χ4v) is 3.52. The van der Waals surface area contributed by atoms with E-state index in [-0.39, 0.29) is 5.91 Å². The molecule has 1 aliphatic rings. The average Bonchev–Trinajstić information content (AvgIpc) is 2.51. The molecular weight excluding hydrogens is 344 g/mol. The zero-order chi connectivity index (χ0) is 15.9. The lowest BCUT2D eigenvalue weighted by Crippen LogP contribution is -2.32. The van der Waals surface area contributed by atoms with Crippen LogP contribution in [0.4, 0.5) is 5.69 Å². The second-order valence-electron chi connectivity index (χ2n) is 6.02. The topological polar surface area (TPSA) is 50.4 Å². The molecule has 1 fully saturated rings. The second kappa shape index (κ2) is 8.65. The van der Waals surface area contributed by atoms with Gasteiger partial charge in [0.2, 0.25) is 5.91 Å². The van der Waals surface area contributed by atoms with E-state index in [0.717, 1.165) is 28.8 Å². The zero-order valence-corrected chi connectivity index (χ0v) is 14.9. The SMILES string of the molecule is COCc1c(Br)cccc1NC(=O)CC(C)C1CCNCC1. The number of piperidine rings is 1. The van der Waals surface area contributed by atoms with Crippen molar-refractivity contribution < 1.29 is 9.53 Å². The maximum Gasteiger partial charge on any atom is 0.224 e. The van der Waals surface area contributed by atoms with E-state index in [1.165, 1.54) is 12.8 Å². The predicted molar refractivity (Wildman–Crippen MR) is 92.9 cm³/mol. The first-order valence-corrected chi connectivity index (χ1v) is 8.68. The highest BCUT2D eigenvalue weighted by Crippen LogP contribution is 2.27. The van der Waals surface area contributed by atoms with Crippen LogP contribution in [0.5, 0.6) is 0 Å². The number of rotatable bonds is 6. The minimum Gasteiger partial charge on any atom is -0.380 e. The van der Waals surface area contributed by atoms with Crippen LogP contribution in [0.2, 0.25) is 0 Å². The molecule has 0 aliphatic carbocycles. The number of amides is 1. The molecule has 1 atom stereocenters. The number of ether oxygens (including phenoxy) is 1. The standard InChI is InChI=1S/C17H25BrN2O2/c1-12(13-6-8-19-9-7-13)10-17(21)20-16-5-3-4-15(18)14(16)11-22-2/h3-5,12-13,19H,6-11H2,1-2H3,(H,20,21). The van der Waals surface area contributed by atoms with Crippen molar-refractivity contribution in [3.05, 3.63) is 28.2 Å². The molecule has 5 heteroatoms. The summed E-state index contributed by atoms with van der Waals surface area (Å²) in [4.78, 5) is 12.4. The van der Waals surface area contributed by atoms with Crippen molar-refractivity contribution >= 4 is 27.5 Å². The minimum absolute atomic E-state index is 0.0847. The van der Waals surface area contributed by atoms with E-state index in [9.17, 15) is 4.79 Å². The summed E-state index contributed by atoms with van der Waals surface area (Å²) in [7, 11) is 1.66. The van der Waals surface area contributed by atoms with Gasteiger partial charge in [-0.1, -0.05) is 28.9 Å². The number of benzene rings is 1. The predicted octanol–water partition coefficient (Wildman–Crippen LogP) is 3.56. The van der Waals surface area contributed by atoms with Crippen LogP contribution in [0.15, 0.2) is 22.7 Å². The van der Waals surface area contributed by atoms with E-state index in [2.05, 4.69) is 33.5 Å². The lowest BCUT2D eigenvalue weighted by molar-refractivity contribution is -0.117. The number of hydrogen-bond donors (Lipinski definition) is 2. The van der Waals surface area contributed by atoms with Gasteiger partial charge in [0.1, 0.15) is 0 Å². The Morgan fingerprint density at radius 3 is 2.86 bits per heavy atom. The van der Waals surface area contributed by atoms with Crippen LogP contribution in [0.1, 0.15) is 31.7 Å². The van der Waals surface area contributed by atoms with E-state index in [1.54, 1.807) is 7.11 Å². The smallest absolute Gasteiger partial charge is 0.224 e. The lowest BCUT2D eigenvalue weighted by atomic mass is 9.84. The number of carbonyl (C=O) groups excluding carboxylic acids is 1. The van der Waals surface area contributed by atoms with Crippen molar-refractivity contribution in [2.24, 2.45) is 11.8 Å². The van der Waals surface area contributed by atoms with Gasteiger partial charge in [0.15, 0.2) is 0 Å². The van der Waals surface area contributed by atoms with E-state index in [0.29, 0.717) is 24.9 Å². The third-order valence-corrected chi connectivity index (χ3v) is 5.12. The Bertz CT molecular complexity index is 501. The first-order chi connectivity index (χ1) is 10.6. The summed E-state index contributed by atoms with van der Waals surface area (Å²) in [5.74, 6) is 1.15. The molecule has 1 unspecified atom stereocenters. The first-order valence-electron chi connectivity index (χ1n) is 7.88. The van der Waals surface area contributed by atoms with Crippen molar-refractivity contribution in [1.29, 1.82) is 0 Å². The summed E-state index contributed by atoms with van der Waals surface area (Å²) in [6.45, 7) is 4.80. The summed E-state index contributed by atoms with van der Waals surface area (Å²) < 4.78 is 6.18. The number of anilines is 1. The average molecular weight is 369 g/mol. The second-order valence-corrected chi connectivity index (χ2v) is 6.87. The number of methoxy groups -OCH3 is 1. The summed E-state index contributed by atoms with van der Waals surface area (Å²) >= 11 is 3.51. The molecule has 1 heterocycles. The van der Waals surface area contributed by atoms with E-state index in [1.807, 2.05) is 18.2 Å². The van der Waals surface area contributed by atoms with Crippen LogP contribution in [0, 0.1) is 11.8 Å². The number of carbonyl (C=O) groups is 1. The Hall–Kier alpha value is -0.910. The first kappa shape index (κ1) is 17.4. The summed E-state index contributed by atoms with van der Waals surface area (Å²) in [5.41, 5.74) is 1.81. The Labute approximate surface area is 141 Å². The monoisotopic (exact) mass is 368 g/mol. The molecule has 0 spiro atoms. The molecule has 0 aromatic heterocycles. The number of hydrogen-bond acceptors (Lipinski definition) is 3. The maximum atomic E-state index is 12.4. The van der Waals surface area contributed by atoms with Gasteiger partial charge in [-0.05, 0) is 49.9 Å². The van der Waals surface area contributed by atoms with Crippen LogP contribution in [0.3, 0.4) is 0 Å². The molecule has 1 aromatic rings. The highest BCUT2D eigenvalue weighted by molar-refractivity contribution is 9.10. The Morgan fingerprint density at radius 1 is 1.45 bits per heavy atom. The molecule has 1 amide bonds. The fourth-order valence-electron chi connectivity index (χ4n) is 3.04. The largest absolute Gasteiger partial charge is 0.380 e. The highest BCUT2D eigenvalue weighted by Gasteiger charge is 2.22. The van der Waals surface area contributed by atoms with E-state index in [4.69, 9.17) is 4.74 Å². The molecule has 1 aliphatic heterocycles. The lowest BCUT2D eigenvalue weighted by Gasteiger charge is -2.28. The highest BCUT2D eigenvalue weighted by atomic mass is 79.9. The number of nitrogens with one attached hydrogen (secondary N) is 2.